The molecule has 0 aliphatic carbocycles. The maximum absolute atomic E-state index is 14.8. The number of pyridine rings is 1. The summed E-state index contributed by atoms with van der Waals surface area (Å²) in [5, 5.41) is 2.72. The van der Waals surface area contributed by atoms with Crippen molar-refractivity contribution in [3.05, 3.63) is 94.9 Å². The van der Waals surface area contributed by atoms with Crippen LogP contribution in [-0.4, -0.2) is 34.7 Å². The van der Waals surface area contributed by atoms with Gasteiger partial charge in [-0.15, -0.1) is 13.2 Å². The zero-order chi connectivity index (χ0) is 26.3. The Hall–Kier alpha value is -4.15. The maximum Gasteiger partial charge on any atom is 0.573 e. The topological polar surface area (TPSA) is 58.9 Å². The third-order valence-corrected chi connectivity index (χ3v) is 6.24. The van der Waals surface area contributed by atoms with E-state index in [1.165, 1.54) is 40.9 Å². The van der Waals surface area contributed by atoms with Crippen molar-refractivity contribution in [2.45, 2.75) is 25.7 Å². The van der Waals surface area contributed by atoms with Gasteiger partial charge in [0.1, 0.15) is 28.7 Å². The smallest absolute Gasteiger partial charge is 0.406 e. The molecular formula is C26H21F5N4O2. The highest BCUT2D eigenvalue weighted by molar-refractivity contribution is 5.94. The van der Waals surface area contributed by atoms with Gasteiger partial charge in [-0.2, -0.15) is 0 Å². The molecule has 1 aliphatic rings. The number of imidazole rings is 1. The lowest BCUT2D eigenvalue weighted by molar-refractivity contribution is -0.274. The molecule has 1 N–H and O–H groups in total. The van der Waals surface area contributed by atoms with E-state index in [0.29, 0.717) is 35.7 Å². The number of ether oxygens (including phenoxy) is 1. The van der Waals surface area contributed by atoms with Crippen molar-refractivity contribution in [3.63, 3.8) is 0 Å². The minimum Gasteiger partial charge on any atom is -0.406 e. The first kappa shape index (κ1) is 24.5. The summed E-state index contributed by atoms with van der Waals surface area (Å²) in [6, 6.07) is 13.1. The summed E-state index contributed by atoms with van der Waals surface area (Å²) >= 11 is 0. The molecule has 1 fully saturated rings. The molecule has 0 bridgehead atoms. The molecule has 1 amide bonds. The standard InChI is InChI=1S/C26H21F5N4O2/c1-15-24(35-14-19(27)5-9-23(35)33-15)25(36)32-11-16-2-8-22(21(28)10-16)34-12-18(13-34)17-3-6-20(7-4-17)37-26(29,30)31/h2-10,14,18H,11-13H2,1H3,(H,32,36). The van der Waals surface area contributed by atoms with Gasteiger partial charge in [0.2, 0.25) is 0 Å². The van der Waals surface area contributed by atoms with Gasteiger partial charge in [0, 0.05) is 31.7 Å². The van der Waals surface area contributed by atoms with E-state index in [-0.39, 0.29) is 23.9 Å². The van der Waals surface area contributed by atoms with Crippen molar-refractivity contribution in [3.8, 4) is 5.75 Å². The van der Waals surface area contributed by atoms with Gasteiger partial charge in [0.25, 0.3) is 5.91 Å². The molecule has 0 unspecified atom stereocenters. The van der Waals surface area contributed by atoms with Crippen LogP contribution in [0.25, 0.3) is 5.65 Å². The fraction of sp³-hybridized carbons (Fsp3) is 0.231. The summed E-state index contributed by atoms with van der Waals surface area (Å²) in [7, 11) is 0. The Morgan fingerprint density at radius 1 is 1.08 bits per heavy atom. The first-order valence-corrected chi connectivity index (χ1v) is 11.4. The lowest BCUT2D eigenvalue weighted by Crippen LogP contribution is -2.45. The molecule has 2 aromatic heterocycles. The quantitative estimate of drug-likeness (QED) is 0.351. The molecule has 0 saturated carbocycles. The SMILES string of the molecule is Cc1nc2ccc(F)cn2c1C(=O)NCc1ccc(N2CC(c3ccc(OC(F)(F)F)cc3)C2)c(F)c1. The highest BCUT2D eigenvalue weighted by Gasteiger charge is 2.32. The van der Waals surface area contributed by atoms with Crippen molar-refractivity contribution in [1.29, 1.82) is 0 Å². The number of halogens is 5. The highest BCUT2D eigenvalue weighted by atomic mass is 19.4. The summed E-state index contributed by atoms with van der Waals surface area (Å²) in [5.74, 6) is -1.65. The van der Waals surface area contributed by atoms with E-state index in [1.54, 1.807) is 31.2 Å². The van der Waals surface area contributed by atoms with Gasteiger partial charge in [0.05, 0.1) is 11.4 Å². The van der Waals surface area contributed by atoms with E-state index in [1.807, 2.05) is 4.90 Å². The van der Waals surface area contributed by atoms with Crippen molar-refractivity contribution < 1.29 is 31.5 Å². The van der Waals surface area contributed by atoms with Gasteiger partial charge in [0.15, 0.2) is 0 Å². The molecule has 1 saturated heterocycles. The molecule has 4 aromatic rings. The third-order valence-electron chi connectivity index (χ3n) is 6.24. The summed E-state index contributed by atoms with van der Waals surface area (Å²) in [6.45, 7) is 2.74. The van der Waals surface area contributed by atoms with E-state index >= 15 is 0 Å². The number of aromatic nitrogens is 2. The average molecular weight is 516 g/mol. The van der Waals surface area contributed by atoms with Crippen LogP contribution in [0.1, 0.15) is 33.2 Å². The Labute approximate surface area is 208 Å². The fourth-order valence-corrected chi connectivity index (χ4v) is 4.42. The Morgan fingerprint density at radius 2 is 1.81 bits per heavy atom. The molecule has 192 valence electrons. The summed E-state index contributed by atoms with van der Waals surface area (Å²) < 4.78 is 70.7. The summed E-state index contributed by atoms with van der Waals surface area (Å²) in [6.07, 6.45) is -3.56. The third kappa shape index (κ3) is 5.20. The molecule has 37 heavy (non-hydrogen) atoms. The summed E-state index contributed by atoms with van der Waals surface area (Å²) in [5.41, 5.74) is 2.88. The second-order valence-electron chi connectivity index (χ2n) is 8.81. The molecule has 11 heteroatoms. The van der Waals surface area contributed by atoms with Gasteiger partial charge < -0.3 is 15.0 Å². The number of benzene rings is 2. The second kappa shape index (κ2) is 9.38. The molecule has 1 aliphatic heterocycles. The van der Waals surface area contributed by atoms with Gasteiger partial charge in [-0.1, -0.05) is 18.2 Å². The van der Waals surface area contributed by atoms with E-state index in [9.17, 15) is 26.7 Å². The van der Waals surface area contributed by atoms with Crippen LogP contribution in [0.2, 0.25) is 0 Å². The number of anilines is 1. The molecule has 0 radical (unpaired) electrons. The number of hydrogen-bond acceptors (Lipinski definition) is 4. The highest BCUT2D eigenvalue weighted by Crippen LogP contribution is 2.34. The van der Waals surface area contributed by atoms with Gasteiger partial charge >= 0.3 is 6.36 Å². The molecular weight excluding hydrogens is 495 g/mol. The van der Waals surface area contributed by atoms with Crippen LogP contribution in [0.15, 0.2) is 60.8 Å². The number of rotatable bonds is 6. The van der Waals surface area contributed by atoms with Crippen LogP contribution < -0.4 is 15.0 Å². The Bertz CT molecular complexity index is 1460. The van der Waals surface area contributed by atoms with E-state index in [2.05, 4.69) is 15.0 Å². The Morgan fingerprint density at radius 3 is 2.49 bits per heavy atom. The van der Waals surface area contributed by atoms with Crippen LogP contribution in [0, 0.1) is 18.6 Å². The number of nitrogens with zero attached hydrogens (tertiary/aromatic N) is 3. The number of amides is 1. The first-order valence-electron chi connectivity index (χ1n) is 11.4. The number of alkyl halides is 3. The molecule has 3 heterocycles. The lowest BCUT2D eigenvalue weighted by atomic mass is 9.90. The minimum atomic E-state index is -4.74. The lowest BCUT2D eigenvalue weighted by Gasteiger charge is -2.41. The predicted octanol–water partition coefficient (Wildman–Crippen LogP) is 5.35. The largest absolute Gasteiger partial charge is 0.573 e. The number of nitrogens with one attached hydrogen (secondary N) is 1. The van der Waals surface area contributed by atoms with Crippen molar-refractivity contribution in [2.24, 2.45) is 0 Å². The first-order chi connectivity index (χ1) is 17.6. The molecule has 2 aromatic carbocycles. The number of hydrogen-bond donors (Lipinski definition) is 1. The fourth-order valence-electron chi connectivity index (χ4n) is 4.42. The van der Waals surface area contributed by atoms with E-state index in [0.717, 1.165) is 5.56 Å². The molecule has 0 spiro atoms. The average Bonchev–Trinajstić information content (AvgIpc) is 3.12. The van der Waals surface area contributed by atoms with Crippen LogP contribution in [-0.2, 0) is 6.54 Å². The maximum atomic E-state index is 14.8. The normalized spacial score (nSPS) is 14.1. The Balaban J connectivity index is 1.19. The second-order valence-corrected chi connectivity index (χ2v) is 8.81. The molecule has 6 nitrogen and oxygen atoms in total. The zero-order valence-corrected chi connectivity index (χ0v) is 19.5. The van der Waals surface area contributed by atoms with Gasteiger partial charge in [-0.05, 0) is 54.4 Å². The van der Waals surface area contributed by atoms with Crippen LogP contribution in [0.3, 0.4) is 0 Å². The number of carbonyl (C=O) groups is 1. The Kier molecular flexibility index (Phi) is 6.22. The van der Waals surface area contributed by atoms with Crippen LogP contribution in [0.5, 0.6) is 5.75 Å². The van der Waals surface area contributed by atoms with E-state index in [4.69, 9.17) is 0 Å². The van der Waals surface area contributed by atoms with Crippen molar-refractivity contribution in [2.75, 3.05) is 18.0 Å². The number of carbonyl (C=O) groups excluding carboxylic acids is 1. The predicted molar refractivity (Wildman–Crippen MR) is 126 cm³/mol. The van der Waals surface area contributed by atoms with Crippen LogP contribution in [0.4, 0.5) is 27.6 Å². The number of fused-ring (bicyclic) bond motifs is 1. The molecule has 5 rings (SSSR count). The number of aryl methyl sites for hydroxylation is 1. The van der Waals surface area contributed by atoms with Gasteiger partial charge in [-0.25, -0.2) is 13.8 Å². The summed E-state index contributed by atoms with van der Waals surface area (Å²) in [4.78, 5) is 18.8. The van der Waals surface area contributed by atoms with Crippen molar-refractivity contribution in [1.82, 2.24) is 14.7 Å². The van der Waals surface area contributed by atoms with Crippen molar-refractivity contribution >= 4 is 17.2 Å². The van der Waals surface area contributed by atoms with Crippen LogP contribution >= 0.6 is 0 Å². The monoisotopic (exact) mass is 516 g/mol. The molecule has 0 atom stereocenters. The minimum absolute atomic E-state index is 0.0526. The van der Waals surface area contributed by atoms with Gasteiger partial charge in [-0.3, -0.25) is 9.20 Å². The van der Waals surface area contributed by atoms with E-state index < -0.39 is 23.9 Å². The zero-order valence-electron chi connectivity index (χ0n) is 19.5.